The summed E-state index contributed by atoms with van der Waals surface area (Å²) >= 11 is 0. The molecule has 0 aliphatic carbocycles. The molecule has 1 aliphatic rings. The summed E-state index contributed by atoms with van der Waals surface area (Å²) in [6, 6.07) is 15.3. The van der Waals surface area contributed by atoms with Gasteiger partial charge in [0.1, 0.15) is 5.75 Å². The summed E-state index contributed by atoms with van der Waals surface area (Å²) in [5.74, 6) is 0.497. The van der Waals surface area contributed by atoms with E-state index in [-0.39, 0.29) is 24.5 Å². The normalized spacial score (nSPS) is 14.8. The molecule has 1 heterocycles. The SMILES string of the molecule is CC[C@H](C)NC(=O)c1ccc2c(c1)CN(Cc1ccccc1)C(=O)CO2. The van der Waals surface area contributed by atoms with Crippen molar-refractivity contribution >= 4 is 11.8 Å². The number of benzene rings is 2. The van der Waals surface area contributed by atoms with Crippen molar-refractivity contribution < 1.29 is 14.3 Å². The number of carbonyl (C=O) groups excluding carboxylic acids is 2. The maximum Gasteiger partial charge on any atom is 0.261 e. The summed E-state index contributed by atoms with van der Waals surface area (Å²) in [6.07, 6.45) is 0.874. The van der Waals surface area contributed by atoms with Gasteiger partial charge in [0, 0.05) is 30.3 Å². The second-order valence-electron chi connectivity index (χ2n) is 6.63. The summed E-state index contributed by atoms with van der Waals surface area (Å²) in [5.41, 5.74) is 2.50. The molecule has 5 heteroatoms. The van der Waals surface area contributed by atoms with Crippen LogP contribution in [0.2, 0.25) is 0 Å². The van der Waals surface area contributed by atoms with Crippen LogP contribution in [0.3, 0.4) is 0 Å². The van der Waals surface area contributed by atoms with Crippen molar-refractivity contribution in [2.24, 2.45) is 0 Å². The van der Waals surface area contributed by atoms with Crippen molar-refractivity contribution in [1.29, 1.82) is 0 Å². The van der Waals surface area contributed by atoms with Crippen LogP contribution in [0.5, 0.6) is 5.75 Å². The number of rotatable bonds is 5. The molecule has 0 spiro atoms. The van der Waals surface area contributed by atoms with E-state index in [0.29, 0.717) is 24.4 Å². The zero-order valence-electron chi connectivity index (χ0n) is 15.2. The lowest BCUT2D eigenvalue weighted by Gasteiger charge is -2.20. The number of amides is 2. The van der Waals surface area contributed by atoms with Gasteiger partial charge < -0.3 is 15.0 Å². The van der Waals surface area contributed by atoms with E-state index in [4.69, 9.17) is 4.74 Å². The lowest BCUT2D eigenvalue weighted by molar-refractivity contribution is -0.133. The van der Waals surface area contributed by atoms with Gasteiger partial charge in [-0.25, -0.2) is 0 Å². The van der Waals surface area contributed by atoms with Crippen molar-refractivity contribution in [3.8, 4) is 5.75 Å². The van der Waals surface area contributed by atoms with E-state index in [9.17, 15) is 9.59 Å². The van der Waals surface area contributed by atoms with Gasteiger partial charge >= 0.3 is 0 Å². The topological polar surface area (TPSA) is 58.6 Å². The quantitative estimate of drug-likeness (QED) is 0.899. The highest BCUT2D eigenvalue weighted by atomic mass is 16.5. The standard InChI is InChI=1S/C21H24N2O3/c1-3-15(2)22-21(25)17-9-10-19-18(11-17)13-23(20(24)14-26-19)12-16-7-5-4-6-8-16/h4-11,15H,3,12-14H2,1-2H3,(H,22,25)/t15-/m0/s1. The summed E-state index contributed by atoms with van der Waals surface area (Å²) in [5, 5.41) is 2.97. The average Bonchev–Trinajstić information content (AvgIpc) is 2.81. The van der Waals surface area contributed by atoms with E-state index in [1.54, 1.807) is 17.0 Å². The van der Waals surface area contributed by atoms with Crippen molar-refractivity contribution in [3.05, 3.63) is 65.2 Å². The molecule has 0 radical (unpaired) electrons. The molecule has 1 atom stereocenters. The largest absolute Gasteiger partial charge is 0.483 e. The van der Waals surface area contributed by atoms with E-state index in [0.717, 1.165) is 17.5 Å². The van der Waals surface area contributed by atoms with Crippen molar-refractivity contribution in [2.45, 2.75) is 39.4 Å². The molecule has 0 saturated carbocycles. The molecule has 26 heavy (non-hydrogen) atoms. The zero-order chi connectivity index (χ0) is 18.5. The Morgan fingerprint density at radius 3 is 2.73 bits per heavy atom. The van der Waals surface area contributed by atoms with E-state index in [1.165, 1.54) is 0 Å². The number of fused-ring (bicyclic) bond motifs is 1. The summed E-state index contributed by atoms with van der Waals surface area (Å²) in [4.78, 5) is 26.6. The summed E-state index contributed by atoms with van der Waals surface area (Å²) in [6.45, 7) is 4.96. The molecular formula is C21H24N2O3. The Bertz CT molecular complexity index is 789. The van der Waals surface area contributed by atoms with Crippen molar-refractivity contribution in [1.82, 2.24) is 10.2 Å². The third-order valence-electron chi connectivity index (χ3n) is 4.59. The van der Waals surface area contributed by atoms with Crippen LogP contribution in [0.15, 0.2) is 48.5 Å². The van der Waals surface area contributed by atoms with Gasteiger partial charge in [0.15, 0.2) is 6.61 Å². The van der Waals surface area contributed by atoms with Crippen LogP contribution >= 0.6 is 0 Å². The van der Waals surface area contributed by atoms with Crippen LogP contribution in [0, 0.1) is 0 Å². The molecule has 5 nitrogen and oxygen atoms in total. The molecule has 136 valence electrons. The van der Waals surface area contributed by atoms with Crippen LogP contribution in [0.1, 0.15) is 41.8 Å². The fraction of sp³-hybridized carbons (Fsp3) is 0.333. The highest BCUT2D eigenvalue weighted by Gasteiger charge is 2.23. The minimum Gasteiger partial charge on any atom is -0.483 e. The van der Waals surface area contributed by atoms with Crippen LogP contribution in [0.25, 0.3) is 0 Å². The molecule has 3 rings (SSSR count). The molecule has 1 N–H and O–H groups in total. The number of nitrogens with one attached hydrogen (secondary N) is 1. The molecule has 0 unspecified atom stereocenters. The molecule has 0 bridgehead atoms. The van der Waals surface area contributed by atoms with Crippen LogP contribution in [-0.4, -0.2) is 29.4 Å². The first-order valence-corrected chi connectivity index (χ1v) is 8.95. The fourth-order valence-corrected chi connectivity index (χ4v) is 2.87. The number of hydrogen-bond donors (Lipinski definition) is 1. The van der Waals surface area contributed by atoms with Gasteiger partial charge in [-0.3, -0.25) is 9.59 Å². The molecule has 2 aromatic carbocycles. The lowest BCUT2D eigenvalue weighted by Crippen LogP contribution is -2.32. The number of carbonyl (C=O) groups is 2. The van der Waals surface area contributed by atoms with Gasteiger partial charge in [-0.15, -0.1) is 0 Å². The Hall–Kier alpha value is -2.82. The predicted octanol–water partition coefficient (Wildman–Crippen LogP) is 3.14. The number of nitrogens with zero attached hydrogens (tertiary/aromatic N) is 1. The maximum atomic E-state index is 12.4. The van der Waals surface area contributed by atoms with Gasteiger partial charge in [-0.2, -0.15) is 0 Å². The first-order chi connectivity index (χ1) is 12.6. The third kappa shape index (κ3) is 4.23. The van der Waals surface area contributed by atoms with E-state index in [1.807, 2.05) is 50.2 Å². The first-order valence-electron chi connectivity index (χ1n) is 8.95. The van der Waals surface area contributed by atoms with E-state index >= 15 is 0 Å². The highest BCUT2D eigenvalue weighted by molar-refractivity contribution is 5.94. The minimum atomic E-state index is -0.104. The average molecular weight is 352 g/mol. The Labute approximate surface area is 154 Å². The summed E-state index contributed by atoms with van der Waals surface area (Å²) < 4.78 is 5.64. The Morgan fingerprint density at radius 2 is 2.00 bits per heavy atom. The second-order valence-corrected chi connectivity index (χ2v) is 6.63. The van der Waals surface area contributed by atoms with E-state index in [2.05, 4.69) is 5.32 Å². The van der Waals surface area contributed by atoms with Gasteiger partial charge in [0.25, 0.3) is 11.8 Å². The first kappa shape index (κ1) is 18.0. The molecule has 1 aliphatic heterocycles. The molecule has 0 fully saturated rings. The van der Waals surface area contributed by atoms with Crippen molar-refractivity contribution in [2.75, 3.05) is 6.61 Å². The zero-order valence-corrected chi connectivity index (χ0v) is 15.2. The Kier molecular flexibility index (Phi) is 5.56. The van der Waals surface area contributed by atoms with Gasteiger partial charge in [-0.05, 0) is 37.1 Å². The van der Waals surface area contributed by atoms with Gasteiger partial charge in [-0.1, -0.05) is 37.3 Å². The van der Waals surface area contributed by atoms with Crippen LogP contribution < -0.4 is 10.1 Å². The lowest BCUT2D eigenvalue weighted by atomic mass is 10.1. The van der Waals surface area contributed by atoms with Crippen LogP contribution in [0.4, 0.5) is 0 Å². The van der Waals surface area contributed by atoms with Crippen LogP contribution in [-0.2, 0) is 17.9 Å². The third-order valence-corrected chi connectivity index (χ3v) is 4.59. The number of ether oxygens (including phenoxy) is 1. The number of hydrogen-bond acceptors (Lipinski definition) is 3. The Morgan fingerprint density at radius 1 is 1.23 bits per heavy atom. The highest BCUT2D eigenvalue weighted by Crippen LogP contribution is 2.25. The molecule has 2 aromatic rings. The Balaban J connectivity index is 1.80. The van der Waals surface area contributed by atoms with E-state index < -0.39 is 0 Å². The van der Waals surface area contributed by atoms with Gasteiger partial charge in [0.05, 0.1) is 0 Å². The smallest absolute Gasteiger partial charge is 0.261 e. The van der Waals surface area contributed by atoms with Gasteiger partial charge in [0.2, 0.25) is 0 Å². The molecular weight excluding hydrogens is 328 g/mol. The molecule has 2 amide bonds. The minimum absolute atomic E-state index is 0.0121. The maximum absolute atomic E-state index is 12.4. The monoisotopic (exact) mass is 352 g/mol. The predicted molar refractivity (Wildman–Crippen MR) is 99.9 cm³/mol. The summed E-state index contributed by atoms with van der Waals surface area (Å²) in [7, 11) is 0. The molecule has 0 saturated heterocycles. The second kappa shape index (κ2) is 8.04. The fourth-order valence-electron chi connectivity index (χ4n) is 2.87. The van der Waals surface area contributed by atoms with Crippen molar-refractivity contribution in [3.63, 3.8) is 0 Å². The molecule has 0 aromatic heterocycles.